The van der Waals surface area contributed by atoms with E-state index in [0.717, 1.165) is 12.8 Å². The van der Waals surface area contributed by atoms with Gasteiger partial charge in [0.15, 0.2) is 0 Å². The van der Waals surface area contributed by atoms with Crippen LogP contribution in [0, 0.1) is 0 Å². The Hall–Kier alpha value is -2.50. The van der Waals surface area contributed by atoms with Crippen LogP contribution in [0.25, 0.3) is 0 Å². The molecule has 6 nitrogen and oxygen atoms in total. The van der Waals surface area contributed by atoms with E-state index in [-0.39, 0.29) is 11.1 Å². The smallest absolute Gasteiger partial charge is 0.342 e. The van der Waals surface area contributed by atoms with E-state index in [9.17, 15) is 19.2 Å². The number of carbonyl (C=O) groups excluding carboxylic acids is 4. The fourth-order valence-electron chi connectivity index (χ4n) is 2.20. The minimum absolute atomic E-state index is 0.119. The number of hydrogen-bond acceptors (Lipinski definition) is 6. The molecule has 0 saturated heterocycles. The maximum absolute atomic E-state index is 11.8. The minimum Gasteiger partial charge on any atom is -0.386 e. The summed E-state index contributed by atoms with van der Waals surface area (Å²) in [6, 6.07) is 0. The zero-order valence-corrected chi connectivity index (χ0v) is 11.8. The van der Waals surface area contributed by atoms with Crippen LogP contribution in [0.1, 0.15) is 38.5 Å². The van der Waals surface area contributed by atoms with Crippen LogP contribution in [0.3, 0.4) is 0 Å². The normalized spacial score (nSPS) is 18.9. The van der Waals surface area contributed by atoms with Gasteiger partial charge in [-0.05, 0) is 38.5 Å². The van der Waals surface area contributed by atoms with Crippen LogP contribution in [-0.2, 0) is 28.7 Å². The van der Waals surface area contributed by atoms with E-state index in [1.807, 2.05) is 0 Å². The maximum atomic E-state index is 11.8. The van der Waals surface area contributed by atoms with Crippen molar-refractivity contribution in [2.24, 2.45) is 0 Å². The summed E-state index contributed by atoms with van der Waals surface area (Å²) < 4.78 is 9.43. The van der Waals surface area contributed by atoms with Crippen LogP contribution in [0.15, 0.2) is 34.4 Å². The van der Waals surface area contributed by atoms with Crippen LogP contribution in [0.4, 0.5) is 0 Å². The zero-order chi connectivity index (χ0) is 15.7. The highest BCUT2D eigenvalue weighted by Crippen LogP contribution is 2.31. The highest BCUT2D eigenvalue weighted by Gasteiger charge is 2.34. The minimum atomic E-state index is -0.827. The first-order valence-corrected chi connectivity index (χ1v) is 7.19. The molecule has 0 aromatic rings. The molecule has 0 amide bonds. The number of esters is 4. The molecule has 0 atom stereocenters. The van der Waals surface area contributed by atoms with Gasteiger partial charge in [0.1, 0.15) is 0 Å². The lowest BCUT2D eigenvalue weighted by Gasteiger charge is -2.21. The van der Waals surface area contributed by atoms with Gasteiger partial charge in [0.05, 0.1) is 0 Å². The summed E-state index contributed by atoms with van der Waals surface area (Å²) in [4.78, 5) is 46.8. The van der Waals surface area contributed by atoms with Gasteiger partial charge >= 0.3 is 23.9 Å². The summed E-state index contributed by atoms with van der Waals surface area (Å²) in [6.07, 6.45) is 6.88. The van der Waals surface area contributed by atoms with Gasteiger partial charge in [-0.3, -0.25) is 0 Å². The first-order valence-electron chi connectivity index (χ1n) is 7.19. The lowest BCUT2D eigenvalue weighted by molar-refractivity contribution is -0.158. The largest absolute Gasteiger partial charge is 0.386 e. The van der Waals surface area contributed by atoms with Gasteiger partial charge in [-0.2, -0.15) is 0 Å². The Morgan fingerprint density at radius 3 is 1.23 bits per heavy atom. The van der Waals surface area contributed by atoms with Crippen molar-refractivity contribution < 1.29 is 28.7 Å². The van der Waals surface area contributed by atoms with Crippen LogP contribution < -0.4 is 0 Å². The summed E-state index contributed by atoms with van der Waals surface area (Å²) in [5.74, 6) is -2.99. The zero-order valence-electron chi connectivity index (χ0n) is 11.8. The summed E-state index contributed by atoms with van der Waals surface area (Å²) in [7, 11) is 0. The molecule has 0 spiro atoms. The van der Waals surface area contributed by atoms with E-state index in [0.29, 0.717) is 36.8 Å². The Bertz CT molecular complexity index is 619. The van der Waals surface area contributed by atoms with E-state index in [2.05, 4.69) is 0 Å². The molecule has 3 rings (SSSR count). The molecule has 0 unspecified atom stereocenters. The van der Waals surface area contributed by atoms with Gasteiger partial charge in [-0.15, -0.1) is 0 Å². The van der Waals surface area contributed by atoms with Crippen molar-refractivity contribution in [2.45, 2.75) is 38.5 Å². The maximum Gasteiger partial charge on any atom is 0.342 e. The average molecular weight is 302 g/mol. The molecule has 114 valence electrons. The molecule has 6 heteroatoms. The molecule has 3 aliphatic rings. The van der Waals surface area contributed by atoms with Gasteiger partial charge in [0.25, 0.3) is 0 Å². The second-order valence-corrected chi connectivity index (χ2v) is 5.35. The monoisotopic (exact) mass is 302 g/mol. The second-order valence-electron chi connectivity index (χ2n) is 5.35. The quantitative estimate of drug-likeness (QED) is 0.580. The molecule has 0 aliphatic heterocycles. The molecular formula is C16H14O6. The van der Waals surface area contributed by atoms with Crippen molar-refractivity contribution in [1.82, 2.24) is 0 Å². The lowest BCUT2D eigenvalue weighted by Crippen LogP contribution is -2.27. The second kappa shape index (κ2) is 5.71. The van der Waals surface area contributed by atoms with Gasteiger partial charge in [0, 0.05) is 22.3 Å². The molecular weight excluding hydrogens is 288 g/mol. The SMILES string of the molecule is O=C(OC(=O)C1=C(C(=O)OC(=O)C2=CCC2)CC1)C1=CCC1. The molecule has 0 N–H and O–H groups in total. The van der Waals surface area contributed by atoms with Gasteiger partial charge < -0.3 is 9.47 Å². The van der Waals surface area contributed by atoms with Gasteiger partial charge in [0.2, 0.25) is 0 Å². The van der Waals surface area contributed by atoms with Crippen molar-refractivity contribution in [3.63, 3.8) is 0 Å². The number of allylic oxidation sites excluding steroid dienone is 2. The molecule has 22 heavy (non-hydrogen) atoms. The van der Waals surface area contributed by atoms with E-state index >= 15 is 0 Å². The van der Waals surface area contributed by atoms with E-state index < -0.39 is 23.9 Å². The first kappa shape index (κ1) is 14.4. The Kier molecular flexibility index (Phi) is 3.75. The van der Waals surface area contributed by atoms with Crippen LogP contribution in [0.5, 0.6) is 0 Å². The Morgan fingerprint density at radius 2 is 1.00 bits per heavy atom. The highest BCUT2D eigenvalue weighted by molar-refractivity contribution is 6.10. The van der Waals surface area contributed by atoms with Crippen molar-refractivity contribution in [1.29, 1.82) is 0 Å². The summed E-state index contributed by atoms with van der Waals surface area (Å²) in [6.45, 7) is 0. The fourth-order valence-corrected chi connectivity index (χ4v) is 2.20. The van der Waals surface area contributed by atoms with Crippen LogP contribution >= 0.6 is 0 Å². The molecule has 0 fully saturated rings. The molecule has 0 aromatic carbocycles. The summed E-state index contributed by atoms with van der Waals surface area (Å²) >= 11 is 0. The standard InChI is InChI=1S/C16H14O6/c17-13(9-3-1-4-9)21-15(19)11-7-8-12(11)16(20)22-14(18)10-5-2-6-10/h3,5H,1-2,4,6-8H2. The number of carbonyl (C=O) groups is 4. The molecule has 0 aromatic heterocycles. The Labute approximate surface area is 126 Å². The van der Waals surface area contributed by atoms with Crippen LogP contribution in [-0.4, -0.2) is 23.9 Å². The van der Waals surface area contributed by atoms with Crippen molar-refractivity contribution in [3.05, 3.63) is 34.4 Å². The predicted octanol–water partition coefficient (Wildman–Crippen LogP) is 1.66. The topological polar surface area (TPSA) is 86.7 Å². The molecule has 3 aliphatic carbocycles. The molecule has 0 radical (unpaired) electrons. The third-order valence-electron chi connectivity index (χ3n) is 3.99. The fraction of sp³-hybridized carbons (Fsp3) is 0.375. The van der Waals surface area contributed by atoms with Crippen molar-refractivity contribution in [2.75, 3.05) is 0 Å². The highest BCUT2D eigenvalue weighted by atomic mass is 16.6. The Morgan fingerprint density at radius 1 is 0.636 bits per heavy atom. The average Bonchev–Trinajstić information content (AvgIpc) is 2.20. The van der Waals surface area contributed by atoms with E-state index in [4.69, 9.17) is 9.47 Å². The van der Waals surface area contributed by atoms with E-state index in [1.54, 1.807) is 12.2 Å². The van der Waals surface area contributed by atoms with Crippen LogP contribution in [0.2, 0.25) is 0 Å². The molecule has 0 bridgehead atoms. The van der Waals surface area contributed by atoms with Crippen molar-refractivity contribution in [3.8, 4) is 0 Å². The number of ether oxygens (including phenoxy) is 2. The summed E-state index contributed by atoms with van der Waals surface area (Å²) in [5, 5.41) is 0. The molecule has 0 saturated carbocycles. The first-order chi connectivity index (χ1) is 10.6. The number of rotatable bonds is 4. The predicted molar refractivity (Wildman–Crippen MR) is 73.1 cm³/mol. The third kappa shape index (κ3) is 2.64. The third-order valence-corrected chi connectivity index (χ3v) is 3.99. The van der Waals surface area contributed by atoms with Gasteiger partial charge in [-0.1, -0.05) is 12.2 Å². The number of hydrogen-bond donors (Lipinski definition) is 0. The Balaban J connectivity index is 1.61. The van der Waals surface area contributed by atoms with E-state index in [1.165, 1.54) is 0 Å². The van der Waals surface area contributed by atoms with Crippen molar-refractivity contribution >= 4 is 23.9 Å². The molecule has 0 heterocycles. The summed E-state index contributed by atoms with van der Waals surface area (Å²) in [5.41, 5.74) is 1.19. The van der Waals surface area contributed by atoms with Gasteiger partial charge in [-0.25, -0.2) is 19.2 Å². The lowest BCUT2D eigenvalue weighted by atomic mass is 9.88.